The molecular formula is C16H21NO2. The Balaban J connectivity index is 2.19. The zero-order chi connectivity index (χ0) is 13.8. The lowest BCUT2D eigenvalue weighted by atomic mass is 10.1. The highest BCUT2D eigenvalue weighted by Gasteiger charge is 2.20. The Kier molecular flexibility index (Phi) is 4.25. The maximum atomic E-state index is 12.3. The Morgan fingerprint density at radius 2 is 2.21 bits per heavy atom. The van der Waals surface area contributed by atoms with Crippen LogP contribution in [0.4, 0.5) is 0 Å². The van der Waals surface area contributed by atoms with Crippen molar-refractivity contribution in [3.05, 3.63) is 41.6 Å². The van der Waals surface area contributed by atoms with Crippen molar-refractivity contribution in [2.75, 3.05) is 13.7 Å². The van der Waals surface area contributed by atoms with E-state index in [-0.39, 0.29) is 5.78 Å². The predicted molar refractivity (Wildman–Crippen MR) is 76.5 cm³/mol. The van der Waals surface area contributed by atoms with Crippen LogP contribution in [0.25, 0.3) is 0 Å². The summed E-state index contributed by atoms with van der Waals surface area (Å²) in [7, 11) is 1.61. The number of ketones is 1. The van der Waals surface area contributed by atoms with Crippen LogP contribution in [0.3, 0.4) is 0 Å². The summed E-state index contributed by atoms with van der Waals surface area (Å²) in [5.74, 6) is 0.776. The second-order valence-corrected chi connectivity index (χ2v) is 5.12. The summed E-state index contributed by atoms with van der Waals surface area (Å²) in [5.41, 5.74) is 1.84. The second kappa shape index (κ2) is 5.91. The lowest BCUT2D eigenvalue weighted by Crippen LogP contribution is -2.26. The number of benzene rings is 1. The number of nitrogens with zero attached hydrogens (tertiary/aromatic N) is 1. The van der Waals surface area contributed by atoms with Crippen molar-refractivity contribution in [2.45, 2.75) is 32.7 Å². The Labute approximate surface area is 114 Å². The number of methoxy groups -OCH3 is 1. The Morgan fingerprint density at radius 3 is 2.89 bits per heavy atom. The standard InChI is InChI=1S/C16H21NO2/c1-12(2)17-9-5-7-14(17)11-16(18)13-6-4-8-15(10-13)19-3/h4,6,8,10-12H,5,7,9H2,1-3H3. The van der Waals surface area contributed by atoms with Gasteiger partial charge < -0.3 is 9.64 Å². The molecular weight excluding hydrogens is 238 g/mol. The van der Waals surface area contributed by atoms with Crippen molar-refractivity contribution >= 4 is 5.78 Å². The van der Waals surface area contributed by atoms with Crippen LogP contribution < -0.4 is 4.74 Å². The average Bonchev–Trinajstić information content (AvgIpc) is 2.87. The number of carbonyl (C=O) groups excluding carboxylic acids is 1. The van der Waals surface area contributed by atoms with Crippen LogP contribution in [0, 0.1) is 0 Å². The highest BCUT2D eigenvalue weighted by Crippen LogP contribution is 2.24. The van der Waals surface area contributed by atoms with Crippen molar-refractivity contribution in [1.82, 2.24) is 4.90 Å². The summed E-state index contributed by atoms with van der Waals surface area (Å²) in [6.07, 6.45) is 3.91. The largest absolute Gasteiger partial charge is 0.497 e. The molecule has 1 fully saturated rings. The van der Waals surface area contributed by atoms with Gasteiger partial charge in [0.2, 0.25) is 0 Å². The molecule has 0 saturated carbocycles. The van der Waals surface area contributed by atoms with Gasteiger partial charge >= 0.3 is 0 Å². The van der Waals surface area contributed by atoms with Gasteiger partial charge in [-0.25, -0.2) is 0 Å². The van der Waals surface area contributed by atoms with E-state index in [0.29, 0.717) is 11.6 Å². The van der Waals surface area contributed by atoms with E-state index in [0.717, 1.165) is 30.8 Å². The maximum absolute atomic E-state index is 12.3. The van der Waals surface area contributed by atoms with Gasteiger partial charge in [0.25, 0.3) is 0 Å². The molecule has 1 aliphatic heterocycles. The van der Waals surface area contributed by atoms with E-state index >= 15 is 0 Å². The van der Waals surface area contributed by atoms with Gasteiger partial charge in [0.15, 0.2) is 5.78 Å². The topological polar surface area (TPSA) is 29.5 Å². The molecule has 102 valence electrons. The lowest BCUT2D eigenvalue weighted by molar-refractivity contribution is 0.104. The molecule has 3 heteroatoms. The van der Waals surface area contributed by atoms with E-state index in [1.54, 1.807) is 19.3 Å². The zero-order valence-corrected chi connectivity index (χ0v) is 11.8. The molecule has 19 heavy (non-hydrogen) atoms. The molecule has 1 aliphatic rings. The van der Waals surface area contributed by atoms with Gasteiger partial charge in [-0.1, -0.05) is 12.1 Å². The SMILES string of the molecule is COc1cccc(C(=O)C=C2CCCN2C(C)C)c1. The first-order valence-electron chi connectivity index (χ1n) is 6.77. The van der Waals surface area contributed by atoms with Gasteiger partial charge in [0.1, 0.15) is 5.75 Å². The zero-order valence-electron chi connectivity index (χ0n) is 11.8. The molecule has 1 aromatic carbocycles. The van der Waals surface area contributed by atoms with Crippen molar-refractivity contribution in [1.29, 1.82) is 0 Å². The number of rotatable bonds is 4. The third kappa shape index (κ3) is 3.16. The number of hydrogen-bond donors (Lipinski definition) is 0. The monoisotopic (exact) mass is 259 g/mol. The molecule has 0 spiro atoms. The minimum atomic E-state index is 0.0569. The van der Waals surface area contributed by atoms with Gasteiger partial charge in [-0.15, -0.1) is 0 Å². The van der Waals surface area contributed by atoms with E-state index in [1.807, 2.05) is 18.2 Å². The lowest BCUT2D eigenvalue weighted by Gasteiger charge is -2.24. The number of allylic oxidation sites excluding steroid dienone is 2. The Bertz CT molecular complexity index is 491. The van der Waals surface area contributed by atoms with Crippen LogP contribution in [-0.4, -0.2) is 30.4 Å². The number of ether oxygens (including phenoxy) is 1. The first-order chi connectivity index (χ1) is 9.11. The molecule has 2 rings (SSSR count). The van der Waals surface area contributed by atoms with Gasteiger partial charge in [-0.2, -0.15) is 0 Å². The van der Waals surface area contributed by atoms with Gasteiger partial charge in [-0.3, -0.25) is 4.79 Å². The summed E-state index contributed by atoms with van der Waals surface area (Å²) in [6.45, 7) is 5.37. The molecule has 0 amide bonds. The molecule has 0 atom stereocenters. The normalized spacial score (nSPS) is 17.3. The molecule has 0 N–H and O–H groups in total. The molecule has 3 nitrogen and oxygen atoms in total. The Morgan fingerprint density at radius 1 is 1.42 bits per heavy atom. The summed E-state index contributed by atoms with van der Waals surface area (Å²) < 4.78 is 5.15. The second-order valence-electron chi connectivity index (χ2n) is 5.12. The first-order valence-corrected chi connectivity index (χ1v) is 6.77. The van der Waals surface area contributed by atoms with Crippen molar-refractivity contribution in [3.8, 4) is 5.75 Å². The fraction of sp³-hybridized carbons (Fsp3) is 0.438. The molecule has 0 aromatic heterocycles. The summed E-state index contributed by atoms with van der Waals surface area (Å²) in [5, 5.41) is 0. The highest BCUT2D eigenvalue weighted by atomic mass is 16.5. The molecule has 1 saturated heterocycles. The van der Waals surface area contributed by atoms with Crippen LogP contribution in [0.15, 0.2) is 36.0 Å². The van der Waals surface area contributed by atoms with E-state index in [9.17, 15) is 4.79 Å². The molecule has 0 bridgehead atoms. The minimum absolute atomic E-state index is 0.0569. The maximum Gasteiger partial charge on any atom is 0.187 e. The summed E-state index contributed by atoms with van der Waals surface area (Å²) >= 11 is 0. The van der Waals surface area contributed by atoms with E-state index in [1.165, 1.54) is 0 Å². The number of likely N-dealkylation sites (tertiary alicyclic amines) is 1. The molecule has 0 unspecified atom stereocenters. The smallest absolute Gasteiger partial charge is 0.187 e. The van der Waals surface area contributed by atoms with Gasteiger partial charge in [0.05, 0.1) is 7.11 Å². The Hall–Kier alpha value is -1.77. The van der Waals surface area contributed by atoms with Crippen LogP contribution >= 0.6 is 0 Å². The van der Waals surface area contributed by atoms with Crippen LogP contribution in [0.2, 0.25) is 0 Å². The fourth-order valence-electron chi connectivity index (χ4n) is 2.47. The van der Waals surface area contributed by atoms with E-state index in [4.69, 9.17) is 4.74 Å². The van der Waals surface area contributed by atoms with E-state index < -0.39 is 0 Å². The highest BCUT2D eigenvalue weighted by molar-refractivity contribution is 6.05. The fourth-order valence-corrected chi connectivity index (χ4v) is 2.47. The number of hydrogen-bond acceptors (Lipinski definition) is 3. The summed E-state index contributed by atoms with van der Waals surface area (Å²) in [4.78, 5) is 14.6. The van der Waals surface area contributed by atoms with Crippen LogP contribution in [0.5, 0.6) is 5.75 Å². The minimum Gasteiger partial charge on any atom is -0.497 e. The molecule has 1 heterocycles. The molecule has 0 radical (unpaired) electrons. The third-order valence-corrected chi connectivity index (χ3v) is 3.48. The van der Waals surface area contributed by atoms with E-state index in [2.05, 4.69) is 18.7 Å². The predicted octanol–water partition coefficient (Wildman–Crippen LogP) is 3.27. The van der Waals surface area contributed by atoms with Crippen LogP contribution in [-0.2, 0) is 0 Å². The average molecular weight is 259 g/mol. The van der Waals surface area contributed by atoms with Gasteiger partial charge in [0, 0.05) is 29.9 Å². The van der Waals surface area contributed by atoms with Crippen LogP contribution in [0.1, 0.15) is 37.0 Å². The van der Waals surface area contributed by atoms with Crippen molar-refractivity contribution in [2.24, 2.45) is 0 Å². The quantitative estimate of drug-likeness (QED) is 0.614. The third-order valence-electron chi connectivity index (χ3n) is 3.48. The molecule has 1 aromatic rings. The summed E-state index contributed by atoms with van der Waals surface area (Å²) in [6, 6.07) is 7.76. The first kappa shape index (κ1) is 13.7. The van der Waals surface area contributed by atoms with Crippen molar-refractivity contribution in [3.63, 3.8) is 0 Å². The van der Waals surface area contributed by atoms with Gasteiger partial charge in [-0.05, 0) is 38.8 Å². The molecule has 0 aliphatic carbocycles. The van der Waals surface area contributed by atoms with Crippen molar-refractivity contribution < 1.29 is 9.53 Å². The number of carbonyl (C=O) groups is 1.